The van der Waals surface area contributed by atoms with Crippen LogP contribution in [0.3, 0.4) is 0 Å². The van der Waals surface area contributed by atoms with Crippen molar-refractivity contribution in [3.8, 4) is 0 Å². The standard InChI is InChI=1S/C13H26N2O4/c1-6-8-13(3,9-18-11(16)14-7-2)10-19-12(17)15(4)5/h6-10H2,1-5H3,(H,14,16). The van der Waals surface area contributed by atoms with Crippen molar-refractivity contribution >= 4 is 12.2 Å². The Morgan fingerprint density at radius 3 is 2.21 bits per heavy atom. The van der Waals surface area contributed by atoms with Crippen molar-refractivity contribution in [3.05, 3.63) is 0 Å². The minimum atomic E-state index is -0.441. The van der Waals surface area contributed by atoms with Gasteiger partial charge in [-0.05, 0) is 13.3 Å². The molecule has 0 aliphatic carbocycles. The molecule has 0 aromatic heterocycles. The Kier molecular flexibility index (Phi) is 7.95. The number of hydrogen-bond donors (Lipinski definition) is 1. The molecule has 0 aromatic rings. The number of amides is 2. The Hall–Kier alpha value is -1.46. The van der Waals surface area contributed by atoms with Crippen molar-refractivity contribution in [3.63, 3.8) is 0 Å². The summed E-state index contributed by atoms with van der Waals surface area (Å²) in [6.07, 6.45) is 0.908. The number of nitrogens with zero attached hydrogens (tertiary/aromatic N) is 1. The van der Waals surface area contributed by atoms with E-state index >= 15 is 0 Å². The van der Waals surface area contributed by atoms with Crippen molar-refractivity contribution in [1.82, 2.24) is 10.2 Å². The second-order valence-electron chi connectivity index (χ2n) is 5.12. The molecule has 0 fully saturated rings. The van der Waals surface area contributed by atoms with Gasteiger partial charge in [0.15, 0.2) is 0 Å². The summed E-state index contributed by atoms with van der Waals surface area (Å²) in [5.74, 6) is 0. The number of rotatable bonds is 7. The zero-order valence-electron chi connectivity index (χ0n) is 12.6. The van der Waals surface area contributed by atoms with Crippen molar-refractivity contribution in [2.75, 3.05) is 33.9 Å². The summed E-state index contributed by atoms with van der Waals surface area (Å²) in [4.78, 5) is 24.1. The van der Waals surface area contributed by atoms with Crippen LogP contribution in [0.1, 0.15) is 33.6 Å². The third-order valence-corrected chi connectivity index (χ3v) is 2.64. The van der Waals surface area contributed by atoms with Crippen LogP contribution in [0, 0.1) is 5.41 Å². The van der Waals surface area contributed by atoms with Gasteiger partial charge in [0.1, 0.15) is 13.2 Å². The maximum atomic E-state index is 11.4. The molecule has 0 saturated heterocycles. The molecule has 0 saturated carbocycles. The molecule has 0 aliphatic heterocycles. The van der Waals surface area contributed by atoms with Crippen molar-refractivity contribution in [2.45, 2.75) is 33.6 Å². The minimum absolute atomic E-state index is 0.230. The molecular formula is C13H26N2O4. The largest absolute Gasteiger partial charge is 0.449 e. The topological polar surface area (TPSA) is 67.9 Å². The molecule has 0 heterocycles. The number of carbonyl (C=O) groups is 2. The van der Waals surface area contributed by atoms with Gasteiger partial charge in [0, 0.05) is 26.1 Å². The summed E-state index contributed by atoms with van der Waals surface area (Å²) in [5, 5.41) is 2.57. The monoisotopic (exact) mass is 274 g/mol. The van der Waals surface area contributed by atoms with E-state index in [2.05, 4.69) is 5.32 Å². The quantitative estimate of drug-likeness (QED) is 0.773. The lowest BCUT2D eigenvalue weighted by molar-refractivity contribution is 0.0234. The Morgan fingerprint density at radius 1 is 1.16 bits per heavy atom. The van der Waals surface area contributed by atoms with E-state index in [0.717, 1.165) is 12.8 Å². The van der Waals surface area contributed by atoms with Gasteiger partial charge in [-0.15, -0.1) is 0 Å². The minimum Gasteiger partial charge on any atom is -0.449 e. The van der Waals surface area contributed by atoms with Crippen LogP contribution in [0.25, 0.3) is 0 Å². The average Bonchev–Trinajstić information content (AvgIpc) is 2.34. The highest BCUT2D eigenvalue weighted by Gasteiger charge is 2.28. The van der Waals surface area contributed by atoms with Crippen LogP contribution in [0.5, 0.6) is 0 Å². The van der Waals surface area contributed by atoms with E-state index in [4.69, 9.17) is 9.47 Å². The van der Waals surface area contributed by atoms with Gasteiger partial charge < -0.3 is 19.7 Å². The van der Waals surface area contributed by atoms with Gasteiger partial charge in [0.25, 0.3) is 0 Å². The van der Waals surface area contributed by atoms with Gasteiger partial charge in [0.05, 0.1) is 0 Å². The fraction of sp³-hybridized carbons (Fsp3) is 0.846. The van der Waals surface area contributed by atoms with Gasteiger partial charge in [0.2, 0.25) is 0 Å². The lowest BCUT2D eigenvalue weighted by atomic mass is 9.87. The molecule has 6 nitrogen and oxygen atoms in total. The number of alkyl carbamates (subject to hydrolysis) is 1. The van der Waals surface area contributed by atoms with Gasteiger partial charge in [-0.1, -0.05) is 20.3 Å². The molecule has 0 radical (unpaired) electrons. The van der Waals surface area contributed by atoms with Crippen LogP contribution in [0.15, 0.2) is 0 Å². The molecule has 1 unspecified atom stereocenters. The van der Waals surface area contributed by atoms with E-state index < -0.39 is 6.09 Å². The molecule has 19 heavy (non-hydrogen) atoms. The SMILES string of the molecule is CCCC(C)(COC(=O)NCC)COC(=O)N(C)C. The van der Waals surface area contributed by atoms with E-state index in [-0.39, 0.29) is 24.7 Å². The number of hydrogen-bond acceptors (Lipinski definition) is 4. The number of ether oxygens (including phenoxy) is 2. The van der Waals surface area contributed by atoms with Crippen LogP contribution in [-0.2, 0) is 9.47 Å². The van der Waals surface area contributed by atoms with E-state index in [0.29, 0.717) is 6.54 Å². The molecular weight excluding hydrogens is 248 g/mol. The normalized spacial score (nSPS) is 13.3. The molecule has 6 heteroatoms. The van der Waals surface area contributed by atoms with Crippen LogP contribution >= 0.6 is 0 Å². The highest BCUT2D eigenvalue weighted by molar-refractivity contribution is 5.67. The molecule has 1 N–H and O–H groups in total. The Balaban J connectivity index is 4.32. The molecule has 2 amide bonds. The van der Waals surface area contributed by atoms with Gasteiger partial charge >= 0.3 is 12.2 Å². The molecule has 0 aromatic carbocycles. The fourth-order valence-electron chi connectivity index (χ4n) is 1.59. The molecule has 0 rings (SSSR count). The molecule has 0 aliphatic rings. The van der Waals surface area contributed by atoms with Crippen molar-refractivity contribution in [2.24, 2.45) is 5.41 Å². The van der Waals surface area contributed by atoms with E-state index in [1.54, 1.807) is 14.1 Å². The van der Waals surface area contributed by atoms with Crippen LogP contribution < -0.4 is 5.32 Å². The predicted molar refractivity (Wildman–Crippen MR) is 73.1 cm³/mol. The predicted octanol–water partition coefficient (Wildman–Crippen LogP) is 2.24. The first-order chi connectivity index (χ1) is 8.84. The summed E-state index contributed by atoms with van der Waals surface area (Å²) in [6, 6.07) is 0. The van der Waals surface area contributed by atoms with Crippen LogP contribution in [0.4, 0.5) is 9.59 Å². The number of carbonyl (C=O) groups excluding carboxylic acids is 2. The summed E-state index contributed by atoms with van der Waals surface area (Å²) in [5.41, 5.74) is -0.356. The van der Waals surface area contributed by atoms with Crippen LogP contribution in [-0.4, -0.2) is 50.9 Å². The first kappa shape index (κ1) is 17.5. The second-order valence-corrected chi connectivity index (χ2v) is 5.12. The summed E-state index contributed by atoms with van der Waals surface area (Å²) in [7, 11) is 3.26. The van der Waals surface area contributed by atoms with E-state index in [1.165, 1.54) is 4.90 Å². The lowest BCUT2D eigenvalue weighted by Gasteiger charge is -2.28. The zero-order chi connectivity index (χ0) is 14.9. The smallest absolute Gasteiger partial charge is 0.409 e. The first-order valence-corrected chi connectivity index (χ1v) is 6.59. The highest BCUT2D eigenvalue weighted by atomic mass is 16.6. The maximum absolute atomic E-state index is 11.4. The average molecular weight is 274 g/mol. The third-order valence-electron chi connectivity index (χ3n) is 2.64. The zero-order valence-corrected chi connectivity index (χ0v) is 12.6. The number of nitrogens with one attached hydrogen (secondary N) is 1. The summed E-state index contributed by atoms with van der Waals surface area (Å²) < 4.78 is 10.3. The van der Waals surface area contributed by atoms with Crippen molar-refractivity contribution < 1.29 is 19.1 Å². The third kappa shape index (κ3) is 7.54. The van der Waals surface area contributed by atoms with Crippen molar-refractivity contribution in [1.29, 1.82) is 0 Å². The second kappa shape index (κ2) is 8.61. The summed E-state index contributed by atoms with van der Waals surface area (Å²) >= 11 is 0. The summed E-state index contributed by atoms with van der Waals surface area (Å²) in [6.45, 7) is 6.80. The first-order valence-electron chi connectivity index (χ1n) is 6.59. The van der Waals surface area contributed by atoms with Crippen LogP contribution in [0.2, 0.25) is 0 Å². The van der Waals surface area contributed by atoms with Gasteiger partial charge in [-0.25, -0.2) is 9.59 Å². The molecule has 0 bridgehead atoms. The van der Waals surface area contributed by atoms with E-state index in [1.807, 2.05) is 20.8 Å². The molecule has 112 valence electrons. The van der Waals surface area contributed by atoms with E-state index in [9.17, 15) is 9.59 Å². The lowest BCUT2D eigenvalue weighted by Crippen LogP contribution is -2.36. The Morgan fingerprint density at radius 2 is 1.74 bits per heavy atom. The Labute approximate surface area is 115 Å². The maximum Gasteiger partial charge on any atom is 0.409 e. The van der Waals surface area contributed by atoms with Gasteiger partial charge in [-0.3, -0.25) is 0 Å². The molecule has 1 atom stereocenters. The molecule has 0 spiro atoms. The van der Waals surface area contributed by atoms with Gasteiger partial charge in [-0.2, -0.15) is 0 Å². The Bertz CT molecular complexity index is 294. The highest BCUT2D eigenvalue weighted by Crippen LogP contribution is 2.24. The fourth-order valence-corrected chi connectivity index (χ4v) is 1.59.